The molecule has 1 saturated heterocycles. The third-order valence-electron chi connectivity index (χ3n) is 3.24. The lowest BCUT2D eigenvalue weighted by atomic mass is 10.2. The maximum Gasteiger partial charge on any atom is 0.322 e. The number of nitrogens with zero attached hydrogens (tertiary/aromatic N) is 2. The van der Waals surface area contributed by atoms with Crippen LogP contribution in [0, 0.1) is 0 Å². The number of carbonyl (C=O) groups is 1. The molecule has 1 rings (SSSR count). The van der Waals surface area contributed by atoms with Crippen LogP contribution < -0.4 is 5.32 Å². The Morgan fingerprint density at radius 1 is 1.50 bits per heavy atom. The highest BCUT2D eigenvalue weighted by molar-refractivity contribution is 5.73. The van der Waals surface area contributed by atoms with E-state index in [1.165, 1.54) is 0 Å². The molecule has 0 aromatic heterocycles. The number of aliphatic carboxylic acids is 1. The van der Waals surface area contributed by atoms with Gasteiger partial charge in [-0.25, -0.2) is 0 Å². The van der Waals surface area contributed by atoms with Gasteiger partial charge >= 0.3 is 5.97 Å². The van der Waals surface area contributed by atoms with Gasteiger partial charge in [0.25, 0.3) is 0 Å². The van der Waals surface area contributed by atoms with Crippen LogP contribution in [0.5, 0.6) is 0 Å². The van der Waals surface area contributed by atoms with Crippen LogP contribution in [0.2, 0.25) is 0 Å². The zero-order valence-corrected chi connectivity index (χ0v) is 10.3. The Hall–Kier alpha value is -0.650. The van der Waals surface area contributed by atoms with Crippen molar-refractivity contribution >= 4 is 5.97 Å². The van der Waals surface area contributed by atoms with Crippen molar-refractivity contribution in [1.82, 2.24) is 15.1 Å². The van der Waals surface area contributed by atoms with Crippen molar-refractivity contribution in [2.24, 2.45) is 0 Å². The van der Waals surface area contributed by atoms with E-state index in [-0.39, 0.29) is 6.04 Å². The summed E-state index contributed by atoms with van der Waals surface area (Å²) in [4.78, 5) is 15.4. The molecule has 1 heterocycles. The molecule has 1 aliphatic heterocycles. The first-order valence-corrected chi connectivity index (χ1v) is 6.09. The van der Waals surface area contributed by atoms with Crippen molar-refractivity contribution in [1.29, 1.82) is 0 Å². The van der Waals surface area contributed by atoms with Crippen LogP contribution in [-0.2, 0) is 4.79 Å². The summed E-state index contributed by atoms with van der Waals surface area (Å²) in [5, 5.41) is 12.2. The zero-order valence-electron chi connectivity index (χ0n) is 10.3. The average molecular weight is 229 g/mol. The van der Waals surface area contributed by atoms with Crippen molar-refractivity contribution < 1.29 is 9.90 Å². The fourth-order valence-corrected chi connectivity index (χ4v) is 2.07. The highest BCUT2D eigenvalue weighted by Crippen LogP contribution is 2.03. The molecule has 1 atom stereocenters. The molecule has 5 nitrogen and oxygen atoms in total. The molecule has 0 saturated carbocycles. The van der Waals surface area contributed by atoms with Gasteiger partial charge in [0.15, 0.2) is 0 Å². The predicted molar refractivity (Wildman–Crippen MR) is 63.7 cm³/mol. The maximum absolute atomic E-state index is 11.1. The predicted octanol–water partition coefficient (Wildman–Crippen LogP) is -0.313. The summed E-state index contributed by atoms with van der Waals surface area (Å²) >= 11 is 0. The average Bonchev–Trinajstić information content (AvgIpc) is 2.30. The van der Waals surface area contributed by atoms with Crippen molar-refractivity contribution in [3.8, 4) is 0 Å². The van der Waals surface area contributed by atoms with Gasteiger partial charge in [0.2, 0.25) is 0 Å². The van der Waals surface area contributed by atoms with Gasteiger partial charge < -0.3 is 15.3 Å². The second-order valence-corrected chi connectivity index (χ2v) is 4.12. The summed E-state index contributed by atoms with van der Waals surface area (Å²) in [6, 6.07) is -0.357. The molecule has 0 radical (unpaired) electrons. The summed E-state index contributed by atoms with van der Waals surface area (Å²) in [6.07, 6.45) is 0. The van der Waals surface area contributed by atoms with Crippen LogP contribution in [0.3, 0.4) is 0 Å². The Morgan fingerprint density at radius 3 is 2.75 bits per heavy atom. The van der Waals surface area contributed by atoms with Gasteiger partial charge in [-0.2, -0.15) is 0 Å². The number of hydrogen-bond acceptors (Lipinski definition) is 4. The molecule has 0 spiro atoms. The molecule has 0 bridgehead atoms. The van der Waals surface area contributed by atoms with Gasteiger partial charge in [-0.3, -0.25) is 9.69 Å². The van der Waals surface area contributed by atoms with Gasteiger partial charge in [-0.1, -0.05) is 13.8 Å². The van der Waals surface area contributed by atoms with E-state index in [2.05, 4.69) is 29.0 Å². The fourth-order valence-electron chi connectivity index (χ4n) is 2.07. The summed E-state index contributed by atoms with van der Waals surface area (Å²) in [6.45, 7) is 10.4. The normalized spacial score (nSPS) is 22.6. The van der Waals surface area contributed by atoms with E-state index in [4.69, 9.17) is 5.11 Å². The molecular formula is C11H23N3O2. The number of carboxylic acid groups (broad SMARTS) is 1. The Kier molecular flexibility index (Phi) is 5.73. The van der Waals surface area contributed by atoms with Gasteiger partial charge in [-0.15, -0.1) is 0 Å². The number of carboxylic acids is 1. The lowest BCUT2D eigenvalue weighted by Crippen LogP contribution is -2.56. The molecule has 5 heteroatoms. The van der Waals surface area contributed by atoms with Gasteiger partial charge in [-0.05, 0) is 13.1 Å². The maximum atomic E-state index is 11.1. The van der Waals surface area contributed by atoms with Crippen LogP contribution in [0.4, 0.5) is 0 Å². The SMILES string of the molecule is CCN(CC)CCN1CCNCC1C(=O)O. The zero-order chi connectivity index (χ0) is 12.0. The third kappa shape index (κ3) is 3.73. The standard InChI is InChI=1S/C11H23N3O2/c1-3-13(4-2)7-8-14-6-5-12-9-10(14)11(15)16/h10,12H,3-9H2,1-2H3,(H,15,16). The molecule has 0 aromatic carbocycles. The Balaban J connectivity index is 2.40. The van der Waals surface area contributed by atoms with E-state index in [1.54, 1.807) is 0 Å². The number of rotatable bonds is 6. The molecule has 0 aromatic rings. The number of piperazine rings is 1. The molecule has 1 fully saturated rings. The summed E-state index contributed by atoms with van der Waals surface area (Å²) in [7, 11) is 0. The topological polar surface area (TPSA) is 55.8 Å². The number of likely N-dealkylation sites (N-methyl/N-ethyl adjacent to an activating group) is 1. The smallest absolute Gasteiger partial charge is 0.322 e. The van der Waals surface area contributed by atoms with Crippen molar-refractivity contribution in [3.05, 3.63) is 0 Å². The molecule has 2 N–H and O–H groups in total. The van der Waals surface area contributed by atoms with Gasteiger partial charge in [0, 0.05) is 32.7 Å². The Morgan fingerprint density at radius 2 is 2.19 bits per heavy atom. The van der Waals surface area contributed by atoms with E-state index in [9.17, 15) is 4.79 Å². The summed E-state index contributed by atoms with van der Waals surface area (Å²) in [5.41, 5.74) is 0. The van der Waals surface area contributed by atoms with Gasteiger partial charge in [0.1, 0.15) is 6.04 Å². The minimum absolute atomic E-state index is 0.357. The van der Waals surface area contributed by atoms with Crippen LogP contribution in [-0.4, -0.2) is 72.7 Å². The monoisotopic (exact) mass is 229 g/mol. The lowest BCUT2D eigenvalue weighted by molar-refractivity contribution is -0.144. The highest BCUT2D eigenvalue weighted by Gasteiger charge is 2.27. The molecule has 94 valence electrons. The van der Waals surface area contributed by atoms with E-state index in [0.717, 1.165) is 39.3 Å². The number of nitrogens with one attached hydrogen (secondary N) is 1. The van der Waals surface area contributed by atoms with Gasteiger partial charge in [0.05, 0.1) is 0 Å². The van der Waals surface area contributed by atoms with E-state index in [1.807, 2.05) is 0 Å². The van der Waals surface area contributed by atoms with Crippen LogP contribution in [0.15, 0.2) is 0 Å². The first-order chi connectivity index (χ1) is 7.69. The third-order valence-corrected chi connectivity index (χ3v) is 3.24. The fraction of sp³-hybridized carbons (Fsp3) is 0.909. The second kappa shape index (κ2) is 6.83. The molecule has 0 aliphatic carbocycles. The van der Waals surface area contributed by atoms with E-state index in [0.29, 0.717) is 6.54 Å². The largest absolute Gasteiger partial charge is 0.480 e. The second-order valence-electron chi connectivity index (χ2n) is 4.12. The highest BCUT2D eigenvalue weighted by atomic mass is 16.4. The minimum atomic E-state index is -0.716. The van der Waals surface area contributed by atoms with Crippen molar-refractivity contribution in [2.45, 2.75) is 19.9 Å². The first-order valence-electron chi connectivity index (χ1n) is 6.09. The molecule has 1 unspecified atom stereocenters. The molecular weight excluding hydrogens is 206 g/mol. The van der Waals surface area contributed by atoms with Crippen molar-refractivity contribution in [3.63, 3.8) is 0 Å². The van der Waals surface area contributed by atoms with E-state index < -0.39 is 5.97 Å². The first kappa shape index (κ1) is 13.4. The summed E-state index contributed by atoms with van der Waals surface area (Å²) in [5.74, 6) is -0.716. The van der Waals surface area contributed by atoms with Crippen molar-refractivity contribution in [2.75, 3.05) is 45.8 Å². The molecule has 1 aliphatic rings. The Bertz CT molecular complexity index is 219. The quantitative estimate of drug-likeness (QED) is 0.654. The lowest BCUT2D eigenvalue weighted by Gasteiger charge is -2.34. The number of hydrogen-bond donors (Lipinski definition) is 2. The molecule has 16 heavy (non-hydrogen) atoms. The molecule has 0 amide bonds. The minimum Gasteiger partial charge on any atom is -0.480 e. The van der Waals surface area contributed by atoms with Crippen LogP contribution >= 0.6 is 0 Å². The summed E-state index contributed by atoms with van der Waals surface area (Å²) < 4.78 is 0. The van der Waals surface area contributed by atoms with E-state index >= 15 is 0 Å². The Labute approximate surface area is 97.4 Å². The van der Waals surface area contributed by atoms with Crippen LogP contribution in [0.1, 0.15) is 13.8 Å². The van der Waals surface area contributed by atoms with Crippen LogP contribution in [0.25, 0.3) is 0 Å².